The maximum absolute atomic E-state index is 5.23. The number of nitrogens with zero attached hydrogens (tertiary/aromatic N) is 1. The molecule has 0 bridgehead atoms. The van der Waals surface area contributed by atoms with Gasteiger partial charge in [0.05, 0.1) is 5.70 Å². The van der Waals surface area contributed by atoms with E-state index < -0.39 is 0 Å². The van der Waals surface area contributed by atoms with E-state index in [4.69, 9.17) is 4.99 Å². The van der Waals surface area contributed by atoms with Gasteiger partial charge in [-0.1, -0.05) is 256 Å². The summed E-state index contributed by atoms with van der Waals surface area (Å²) in [6, 6.07) is 70.8. The Hall–Kier alpha value is -7.35. The van der Waals surface area contributed by atoms with Crippen LogP contribution in [0.4, 0.5) is 0 Å². The Morgan fingerprint density at radius 2 is 0.971 bits per heavy atom. The zero-order valence-corrected chi connectivity index (χ0v) is 43.8. The van der Waals surface area contributed by atoms with Crippen molar-refractivity contribution < 1.29 is 0 Å². The van der Waals surface area contributed by atoms with Gasteiger partial charge in [-0.25, -0.2) is 0 Å². The number of hydrogen-bond acceptors (Lipinski definition) is 1. The monoisotopic (exact) mass is 918 g/mol. The quantitative estimate of drug-likeness (QED) is 0.135. The third-order valence-corrected chi connectivity index (χ3v) is 12.4. The maximum Gasteiger partial charge on any atom is 0.0671 e. The molecular formula is C69H75N. The first-order valence-corrected chi connectivity index (χ1v) is 25.1. The molecule has 0 fully saturated rings. The fourth-order valence-electron chi connectivity index (χ4n) is 8.09. The molecule has 0 saturated heterocycles. The molecule has 8 aromatic carbocycles. The van der Waals surface area contributed by atoms with Crippen LogP contribution in [0.1, 0.15) is 96.5 Å². The molecule has 0 spiro atoms. The Balaban J connectivity index is 0.000000236. The first-order valence-electron chi connectivity index (χ1n) is 25.1. The number of hydrogen-bond donors (Lipinski definition) is 0. The highest BCUT2D eigenvalue weighted by Crippen LogP contribution is 2.33. The minimum atomic E-state index is 0.247. The van der Waals surface area contributed by atoms with Gasteiger partial charge in [-0.05, 0) is 141 Å². The molecule has 1 unspecified atom stereocenters. The van der Waals surface area contributed by atoms with E-state index in [0.29, 0.717) is 0 Å². The second kappa shape index (κ2) is 28.2. The Morgan fingerprint density at radius 3 is 1.53 bits per heavy atom. The van der Waals surface area contributed by atoms with Gasteiger partial charge < -0.3 is 0 Å². The second-order valence-corrected chi connectivity index (χ2v) is 18.0. The summed E-state index contributed by atoms with van der Waals surface area (Å²) >= 11 is 0. The van der Waals surface area contributed by atoms with Gasteiger partial charge in [-0.2, -0.15) is 0 Å². The van der Waals surface area contributed by atoms with Crippen LogP contribution in [0.2, 0.25) is 0 Å². The highest BCUT2D eigenvalue weighted by molar-refractivity contribution is 6.02. The smallest absolute Gasteiger partial charge is 0.0671 e. The molecule has 0 heterocycles. The van der Waals surface area contributed by atoms with Crippen molar-refractivity contribution in [3.8, 4) is 33.4 Å². The largest absolute Gasteiger partial charge is 0.253 e. The van der Waals surface area contributed by atoms with E-state index >= 15 is 0 Å². The lowest BCUT2D eigenvalue weighted by molar-refractivity contribution is 0.966. The van der Waals surface area contributed by atoms with E-state index in [2.05, 4.69) is 269 Å². The minimum absolute atomic E-state index is 0.247. The number of aryl methyl sites for hydroxylation is 7. The summed E-state index contributed by atoms with van der Waals surface area (Å²) in [5.41, 5.74) is 22.7. The summed E-state index contributed by atoms with van der Waals surface area (Å²) in [5, 5.41) is 0. The molecule has 0 N–H and O–H groups in total. The van der Waals surface area contributed by atoms with Gasteiger partial charge in [-0.3, -0.25) is 4.99 Å². The molecular weight excluding hydrogens is 843 g/mol. The van der Waals surface area contributed by atoms with Gasteiger partial charge in [0.1, 0.15) is 0 Å². The molecule has 0 aromatic heterocycles. The molecule has 1 nitrogen and oxygen atoms in total. The molecule has 1 heteroatoms. The lowest BCUT2D eigenvalue weighted by Gasteiger charge is -2.15. The summed E-state index contributed by atoms with van der Waals surface area (Å²) < 4.78 is 0. The van der Waals surface area contributed by atoms with Crippen LogP contribution >= 0.6 is 0 Å². The van der Waals surface area contributed by atoms with Gasteiger partial charge in [0, 0.05) is 17.2 Å². The Bertz CT molecular complexity index is 2940. The van der Waals surface area contributed by atoms with Crippen LogP contribution in [0, 0.1) is 48.5 Å². The highest BCUT2D eigenvalue weighted by atomic mass is 14.8. The van der Waals surface area contributed by atoms with Crippen molar-refractivity contribution in [1.29, 1.82) is 0 Å². The van der Waals surface area contributed by atoms with E-state index in [1.165, 1.54) is 83.5 Å². The normalized spacial score (nSPS) is 12.2. The number of rotatable bonds is 8. The predicted octanol–water partition coefficient (Wildman–Crippen LogP) is 19.8. The van der Waals surface area contributed by atoms with E-state index in [9.17, 15) is 0 Å². The number of allylic oxidation sites excluding steroid dienone is 5. The Kier molecular flexibility index (Phi) is 21.6. The van der Waals surface area contributed by atoms with Gasteiger partial charge in [-0.15, -0.1) is 0 Å². The summed E-state index contributed by atoms with van der Waals surface area (Å²) in [6.45, 7) is 23.3. The number of aliphatic imine (C=N–C) groups is 1. The molecule has 1 atom stereocenters. The van der Waals surface area contributed by atoms with Crippen molar-refractivity contribution in [1.82, 2.24) is 0 Å². The van der Waals surface area contributed by atoms with Gasteiger partial charge in [0.15, 0.2) is 0 Å². The molecule has 0 saturated carbocycles. The molecule has 8 aromatic rings. The third kappa shape index (κ3) is 16.7. The fraction of sp³-hybridized carbons (Fsp3) is 0.203. The molecule has 0 radical (unpaired) electrons. The molecule has 9 rings (SSSR count). The van der Waals surface area contributed by atoms with Crippen LogP contribution in [-0.2, 0) is 0 Å². The summed E-state index contributed by atoms with van der Waals surface area (Å²) in [6.07, 6.45) is 11.0. The van der Waals surface area contributed by atoms with Crippen LogP contribution in [0.25, 0.3) is 39.1 Å². The standard InChI is InChI=1S/C38H37N.C14H14.C8H10.C7H8.C2H6/c1-27-14-11-12-21-36(27)37-23-22-34(24-29(37)3)33-19-13-20-35(26-33)38(25-28(2)31-15-7-5-8-16-31)39-30(4)32-17-9-6-10-18-32;1-11-6-8-13(9-7-11)14-5-3-4-12(2)10-14;1-7-5-3-4-6-8(7)2;1-7-5-3-2-4-6-7;1-2/h5-9,11-17,19-26,28H,10,18H2,1-4H3;3-10H,1-2H3;3-6H,1-2H3;2-6H,1H3;1-2H3/b38-25-,39-30?;;;;. The SMILES string of the molecule is CC.CC(=N/C(=C\C(C)c1ccccc1)c1cccc(-c2ccc(-c3ccccc3C)c(C)c2)c1)C1=CC=CCC1.Cc1ccc(-c2cccc(C)c2)cc1.Cc1ccccc1.Cc1ccccc1C. The van der Waals surface area contributed by atoms with E-state index in [0.717, 1.165) is 29.8 Å². The van der Waals surface area contributed by atoms with Crippen molar-refractivity contribution in [2.24, 2.45) is 4.99 Å². The van der Waals surface area contributed by atoms with Crippen molar-refractivity contribution in [3.05, 3.63) is 280 Å². The molecule has 0 aliphatic heterocycles. The molecule has 70 heavy (non-hydrogen) atoms. The molecule has 0 amide bonds. The van der Waals surface area contributed by atoms with E-state index in [1.54, 1.807) is 0 Å². The first kappa shape index (κ1) is 53.6. The van der Waals surface area contributed by atoms with E-state index in [1.807, 2.05) is 32.0 Å². The lowest BCUT2D eigenvalue weighted by atomic mass is 9.92. The van der Waals surface area contributed by atoms with Crippen LogP contribution < -0.4 is 0 Å². The molecule has 1 aliphatic rings. The van der Waals surface area contributed by atoms with Gasteiger partial charge >= 0.3 is 0 Å². The Labute approximate surface area is 422 Å². The third-order valence-electron chi connectivity index (χ3n) is 12.4. The van der Waals surface area contributed by atoms with Crippen LogP contribution in [0.15, 0.2) is 235 Å². The van der Waals surface area contributed by atoms with Gasteiger partial charge in [0.2, 0.25) is 0 Å². The summed E-state index contributed by atoms with van der Waals surface area (Å²) in [4.78, 5) is 5.23. The fourth-order valence-corrected chi connectivity index (χ4v) is 8.09. The van der Waals surface area contributed by atoms with Crippen molar-refractivity contribution in [2.45, 2.75) is 94.9 Å². The second-order valence-electron chi connectivity index (χ2n) is 18.0. The van der Waals surface area contributed by atoms with E-state index in [-0.39, 0.29) is 5.92 Å². The van der Waals surface area contributed by atoms with Crippen LogP contribution in [-0.4, -0.2) is 5.71 Å². The topological polar surface area (TPSA) is 12.4 Å². The number of benzene rings is 8. The molecule has 356 valence electrons. The zero-order valence-electron chi connectivity index (χ0n) is 43.8. The van der Waals surface area contributed by atoms with Crippen molar-refractivity contribution in [3.63, 3.8) is 0 Å². The maximum atomic E-state index is 5.23. The van der Waals surface area contributed by atoms with Crippen molar-refractivity contribution >= 4 is 11.4 Å². The molecule has 1 aliphatic carbocycles. The van der Waals surface area contributed by atoms with Gasteiger partial charge in [0.25, 0.3) is 0 Å². The summed E-state index contributed by atoms with van der Waals surface area (Å²) in [5.74, 6) is 0.247. The highest BCUT2D eigenvalue weighted by Gasteiger charge is 2.12. The summed E-state index contributed by atoms with van der Waals surface area (Å²) in [7, 11) is 0. The first-order chi connectivity index (χ1) is 33.9. The van der Waals surface area contributed by atoms with Crippen LogP contribution in [0.3, 0.4) is 0 Å². The van der Waals surface area contributed by atoms with Crippen molar-refractivity contribution in [2.75, 3.05) is 0 Å². The predicted molar refractivity (Wildman–Crippen MR) is 309 cm³/mol. The Morgan fingerprint density at radius 1 is 0.457 bits per heavy atom. The zero-order chi connectivity index (χ0) is 50.3. The average molecular weight is 918 g/mol. The minimum Gasteiger partial charge on any atom is -0.253 e. The average Bonchev–Trinajstić information content (AvgIpc) is 3.39. The van der Waals surface area contributed by atoms with Crippen LogP contribution in [0.5, 0.6) is 0 Å². The lowest BCUT2D eigenvalue weighted by Crippen LogP contribution is -2.01.